The van der Waals surface area contributed by atoms with Gasteiger partial charge < -0.3 is 14.1 Å². The van der Waals surface area contributed by atoms with Gasteiger partial charge in [-0.1, -0.05) is 72.8 Å². The number of ether oxygens (including phenoxy) is 1. The Kier molecular flexibility index (Phi) is 6.88. The van der Waals surface area contributed by atoms with E-state index in [1.165, 1.54) is 0 Å². The molecule has 0 radical (unpaired) electrons. The lowest BCUT2D eigenvalue weighted by Crippen LogP contribution is -2.30. The number of aryl methyl sites for hydroxylation is 1. The van der Waals surface area contributed by atoms with E-state index in [0.29, 0.717) is 36.9 Å². The summed E-state index contributed by atoms with van der Waals surface area (Å²) in [7, 11) is -2.05. The van der Waals surface area contributed by atoms with E-state index in [1.54, 1.807) is 0 Å². The van der Waals surface area contributed by atoms with Crippen LogP contribution in [0.1, 0.15) is 18.7 Å². The van der Waals surface area contributed by atoms with Crippen LogP contribution in [0.4, 0.5) is 5.69 Å². The number of fused-ring (bicyclic) bond motifs is 2. The predicted octanol–water partition coefficient (Wildman–Crippen LogP) is 6.46. The molecule has 202 valence electrons. The van der Waals surface area contributed by atoms with Gasteiger partial charge in [-0.3, -0.25) is 4.55 Å². The zero-order valence-corrected chi connectivity index (χ0v) is 22.8. The zero-order chi connectivity index (χ0) is 27.7. The summed E-state index contributed by atoms with van der Waals surface area (Å²) in [6.07, 6.45) is 2.74. The van der Waals surface area contributed by atoms with Crippen molar-refractivity contribution in [3.8, 4) is 28.0 Å². The molecule has 1 N–H and O–H groups in total. The highest BCUT2D eigenvalue weighted by atomic mass is 32.2. The highest BCUT2D eigenvalue weighted by Gasteiger charge is 2.29. The molecular weight excluding hydrogens is 524 g/mol. The molecular formula is C32H29N2O5S+. The fourth-order valence-corrected chi connectivity index (χ4v) is 5.58. The van der Waals surface area contributed by atoms with Crippen molar-refractivity contribution >= 4 is 33.0 Å². The van der Waals surface area contributed by atoms with Crippen molar-refractivity contribution in [2.24, 2.45) is 7.05 Å². The van der Waals surface area contributed by atoms with Crippen LogP contribution >= 0.6 is 0 Å². The molecule has 1 aliphatic heterocycles. The average Bonchev–Trinajstić information content (AvgIpc) is 3.47. The van der Waals surface area contributed by atoms with Gasteiger partial charge in [0.05, 0.1) is 11.4 Å². The monoisotopic (exact) mass is 553 g/mol. The SMILES string of the molecule is C[n+]1c(C=C2Oc3ccc(-c4ccccc4)cc3N2CCCCS(=O)(=O)O)oc2ccc(-c3ccccc3)cc21. The number of benzene rings is 4. The molecule has 0 aliphatic carbocycles. The number of unbranched alkanes of at least 4 members (excludes halogenated alkanes) is 1. The second-order valence-corrected chi connectivity index (χ2v) is 11.4. The molecule has 0 unspecified atom stereocenters. The predicted molar refractivity (Wildman–Crippen MR) is 156 cm³/mol. The first-order chi connectivity index (χ1) is 19.4. The molecule has 4 aromatic carbocycles. The number of oxazole rings is 1. The lowest BCUT2D eigenvalue weighted by molar-refractivity contribution is -0.652. The number of rotatable bonds is 8. The minimum Gasteiger partial charge on any atom is -0.438 e. The molecule has 1 aromatic heterocycles. The molecule has 0 saturated carbocycles. The van der Waals surface area contributed by atoms with Crippen molar-refractivity contribution in [3.05, 3.63) is 109 Å². The first-order valence-electron chi connectivity index (χ1n) is 13.2. The summed E-state index contributed by atoms with van der Waals surface area (Å²) in [4.78, 5) is 2.04. The van der Waals surface area contributed by atoms with Crippen molar-refractivity contribution in [3.63, 3.8) is 0 Å². The minimum atomic E-state index is -4.01. The van der Waals surface area contributed by atoms with Crippen molar-refractivity contribution in [1.29, 1.82) is 0 Å². The highest BCUT2D eigenvalue weighted by Crippen LogP contribution is 2.42. The maximum Gasteiger partial charge on any atom is 0.379 e. The molecule has 8 heteroatoms. The van der Waals surface area contributed by atoms with Gasteiger partial charge >= 0.3 is 5.89 Å². The van der Waals surface area contributed by atoms with Crippen molar-refractivity contribution in [1.82, 2.24) is 0 Å². The summed E-state index contributed by atoms with van der Waals surface area (Å²) in [5, 5.41) is 0. The van der Waals surface area contributed by atoms with Crippen LogP contribution in [0.3, 0.4) is 0 Å². The molecule has 2 heterocycles. The standard InChI is InChI=1S/C32H28N2O5S/c1-33-27-20-25(23-10-4-2-5-11-23)14-16-29(27)38-31(33)22-32-34(18-8-9-19-40(35,36)37)28-21-26(15-17-30(28)39-32)24-12-6-3-7-13-24/h2-7,10-17,20-22H,8-9,18-19H2,1H3/p+1. The van der Waals surface area contributed by atoms with E-state index in [2.05, 4.69) is 36.4 Å². The molecule has 0 atom stereocenters. The Balaban J connectivity index is 1.35. The third-order valence-electron chi connectivity index (χ3n) is 7.09. The summed E-state index contributed by atoms with van der Waals surface area (Å²) in [6, 6.07) is 32.5. The number of hydrogen-bond acceptors (Lipinski definition) is 5. The van der Waals surface area contributed by atoms with Crippen LogP contribution in [-0.2, 0) is 17.2 Å². The smallest absolute Gasteiger partial charge is 0.379 e. The average molecular weight is 554 g/mol. The second-order valence-electron chi connectivity index (χ2n) is 9.83. The molecule has 0 spiro atoms. The maximum absolute atomic E-state index is 11.3. The summed E-state index contributed by atoms with van der Waals surface area (Å²) in [5.74, 6) is 1.64. The lowest BCUT2D eigenvalue weighted by Gasteiger charge is -2.18. The molecule has 0 fully saturated rings. The summed E-state index contributed by atoms with van der Waals surface area (Å²) in [6.45, 7) is 0.509. The second kappa shape index (κ2) is 10.6. The fourth-order valence-electron chi connectivity index (χ4n) is 5.01. The lowest BCUT2D eigenvalue weighted by atomic mass is 10.0. The van der Waals surface area contributed by atoms with Gasteiger partial charge in [0, 0.05) is 12.6 Å². The Bertz CT molecular complexity index is 1810. The molecule has 0 amide bonds. The largest absolute Gasteiger partial charge is 0.438 e. The van der Waals surface area contributed by atoms with E-state index >= 15 is 0 Å². The van der Waals surface area contributed by atoms with Gasteiger partial charge in [-0.25, -0.2) is 0 Å². The van der Waals surface area contributed by atoms with E-state index in [0.717, 1.165) is 39.0 Å². The Morgan fingerprint density at radius 2 is 1.48 bits per heavy atom. The van der Waals surface area contributed by atoms with Crippen LogP contribution in [0.15, 0.2) is 107 Å². The van der Waals surface area contributed by atoms with Crippen molar-refractivity contribution in [2.75, 3.05) is 17.2 Å². The molecule has 5 aromatic rings. The summed E-state index contributed by atoms with van der Waals surface area (Å²) >= 11 is 0. The van der Waals surface area contributed by atoms with Gasteiger partial charge in [0.25, 0.3) is 15.6 Å². The van der Waals surface area contributed by atoms with Crippen LogP contribution in [0.2, 0.25) is 0 Å². The minimum absolute atomic E-state index is 0.278. The van der Waals surface area contributed by atoms with Crippen LogP contribution in [0, 0.1) is 0 Å². The fraction of sp³-hybridized carbons (Fsp3) is 0.156. The Labute approximate surface area is 233 Å². The molecule has 6 rings (SSSR count). The van der Waals surface area contributed by atoms with E-state index < -0.39 is 10.1 Å². The third-order valence-corrected chi connectivity index (χ3v) is 7.90. The molecule has 40 heavy (non-hydrogen) atoms. The molecule has 1 aliphatic rings. The topological polar surface area (TPSA) is 83.9 Å². The maximum atomic E-state index is 11.3. The molecule has 0 bridgehead atoms. The normalized spacial score (nSPS) is 14.1. The number of aromatic nitrogens is 1. The van der Waals surface area contributed by atoms with Crippen molar-refractivity contribution < 1.29 is 26.7 Å². The highest BCUT2D eigenvalue weighted by molar-refractivity contribution is 7.85. The van der Waals surface area contributed by atoms with E-state index in [9.17, 15) is 13.0 Å². The number of anilines is 1. The van der Waals surface area contributed by atoms with Crippen LogP contribution < -0.4 is 14.2 Å². The molecule has 0 saturated heterocycles. The van der Waals surface area contributed by atoms with Gasteiger partial charge in [0.2, 0.25) is 11.5 Å². The Morgan fingerprint density at radius 3 is 2.15 bits per heavy atom. The van der Waals surface area contributed by atoms with Gasteiger partial charge in [0.1, 0.15) is 13.1 Å². The number of nitrogens with zero attached hydrogens (tertiary/aromatic N) is 2. The van der Waals surface area contributed by atoms with E-state index in [4.69, 9.17) is 9.15 Å². The van der Waals surface area contributed by atoms with Crippen LogP contribution in [-0.4, -0.2) is 25.3 Å². The van der Waals surface area contributed by atoms with Gasteiger partial charge in [-0.2, -0.15) is 13.0 Å². The summed E-state index contributed by atoms with van der Waals surface area (Å²) < 4.78 is 46.2. The van der Waals surface area contributed by atoms with Crippen molar-refractivity contribution in [2.45, 2.75) is 12.8 Å². The third kappa shape index (κ3) is 5.36. The first kappa shape index (κ1) is 25.9. The van der Waals surface area contributed by atoms with Gasteiger partial charge in [-0.05, 0) is 53.3 Å². The Morgan fingerprint density at radius 1 is 0.825 bits per heavy atom. The van der Waals surface area contributed by atoms with Crippen LogP contribution in [0.25, 0.3) is 39.4 Å². The van der Waals surface area contributed by atoms with E-state index in [-0.39, 0.29) is 5.75 Å². The number of hydrogen-bond donors (Lipinski definition) is 1. The summed E-state index contributed by atoms with van der Waals surface area (Å²) in [5.41, 5.74) is 6.98. The molecule has 7 nitrogen and oxygen atoms in total. The van der Waals surface area contributed by atoms with Gasteiger partial charge in [-0.15, -0.1) is 0 Å². The zero-order valence-electron chi connectivity index (χ0n) is 22.0. The Hall–Kier alpha value is -4.40. The quantitative estimate of drug-likeness (QED) is 0.135. The first-order valence-corrected chi connectivity index (χ1v) is 14.8. The van der Waals surface area contributed by atoms with E-state index in [1.807, 2.05) is 83.3 Å². The van der Waals surface area contributed by atoms with Crippen LogP contribution in [0.5, 0.6) is 5.75 Å². The van der Waals surface area contributed by atoms with Gasteiger partial charge in [0.15, 0.2) is 5.75 Å².